The molecule has 0 aliphatic heterocycles. The first-order chi connectivity index (χ1) is 7.26. The van der Waals surface area contributed by atoms with Crippen LogP contribution in [-0.2, 0) is 0 Å². The lowest BCUT2D eigenvalue weighted by molar-refractivity contribution is 0.548. The third-order valence-electron chi connectivity index (χ3n) is 2.92. The van der Waals surface area contributed by atoms with Crippen molar-refractivity contribution in [2.45, 2.75) is 26.3 Å². The second-order valence-electron chi connectivity index (χ2n) is 3.87. The fourth-order valence-corrected chi connectivity index (χ4v) is 1.81. The minimum atomic E-state index is 0.510. The third-order valence-corrected chi connectivity index (χ3v) is 2.92. The van der Waals surface area contributed by atoms with Crippen molar-refractivity contribution in [2.24, 2.45) is 0 Å². The molecule has 0 fully saturated rings. The first-order valence-electron chi connectivity index (χ1n) is 5.27. The summed E-state index contributed by atoms with van der Waals surface area (Å²) >= 11 is 0. The fraction of sp³-hybridized carbons (Fsp3) is 0.308. The summed E-state index contributed by atoms with van der Waals surface area (Å²) in [6.07, 6.45) is 3.21. The zero-order valence-electron chi connectivity index (χ0n) is 9.07. The van der Waals surface area contributed by atoms with Gasteiger partial charge in [-0.2, -0.15) is 5.26 Å². The quantitative estimate of drug-likeness (QED) is 0.726. The molecule has 2 nitrogen and oxygen atoms in total. The largest absolute Gasteiger partial charge is 0.345 e. The molecule has 0 saturated carbocycles. The van der Waals surface area contributed by atoms with Gasteiger partial charge in [-0.25, -0.2) is 0 Å². The van der Waals surface area contributed by atoms with Crippen molar-refractivity contribution >= 4 is 10.9 Å². The summed E-state index contributed by atoms with van der Waals surface area (Å²) in [5, 5.41) is 9.95. The Morgan fingerprint density at radius 1 is 1.40 bits per heavy atom. The van der Waals surface area contributed by atoms with Crippen molar-refractivity contribution in [2.75, 3.05) is 0 Å². The molecule has 0 aliphatic rings. The van der Waals surface area contributed by atoms with Crippen molar-refractivity contribution < 1.29 is 0 Å². The number of aromatic nitrogens is 1. The van der Waals surface area contributed by atoms with E-state index in [2.05, 4.69) is 36.7 Å². The normalized spacial score (nSPS) is 12.6. The van der Waals surface area contributed by atoms with Crippen LogP contribution in [0.15, 0.2) is 30.5 Å². The van der Waals surface area contributed by atoms with Crippen LogP contribution in [0.5, 0.6) is 0 Å². The molecule has 0 aliphatic carbocycles. The lowest BCUT2D eigenvalue weighted by Crippen LogP contribution is -2.01. The van der Waals surface area contributed by atoms with Crippen molar-refractivity contribution in [1.29, 1.82) is 5.26 Å². The first kappa shape index (κ1) is 9.79. The molecule has 1 aromatic carbocycles. The molecule has 0 N–H and O–H groups in total. The molecule has 76 valence electrons. The highest BCUT2D eigenvalue weighted by atomic mass is 15.0. The second-order valence-corrected chi connectivity index (χ2v) is 3.87. The molecule has 15 heavy (non-hydrogen) atoms. The van der Waals surface area contributed by atoms with E-state index in [1.165, 1.54) is 5.52 Å². The maximum absolute atomic E-state index is 8.80. The van der Waals surface area contributed by atoms with Crippen LogP contribution in [0.3, 0.4) is 0 Å². The van der Waals surface area contributed by atoms with Crippen LogP contribution >= 0.6 is 0 Å². The van der Waals surface area contributed by atoms with Gasteiger partial charge in [0, 0.05) is 23.1 Å². The van der Waals surface area contributed by atoms with Gasteiger partial charge in [0.15, 0.2) is 0 Å². The van der Waals surface area contributed by atoms with Crippen LogP contribution in [0.25, 0.3) is 10.9 Å². The standard InChI is InChI=1S/C13H14N2/c1-3-10(2)15-7-6-12-8-11(9-14)4-5-13(12)15/h4-8,10H,3H2,1-2H3. The van der Waals surface area contributed by atoms with Gasteiger partial charge >= 0.3 is 0 Å². The Morgan fingerprint density at radius 2 is 2.20 bits per heavy atom. The average molecular weight is 198 g/mol. The van der Waals surface area contributed by atoms with Crippen LogP contribution < -0.4 is 0 Å². The highest BCUT2D eigenvalue weighted by Crippen LogP contribution is 2.22. The van der Waals surface area contributed by atoms with E-state index in [0.717, 1.165) is 17.4 Å². The number of rotatable bonds is 2. The first-order valence-corrected chi connectivity index (χ1v) is 5.27. The van der Waals surface area contributed by atoms with E-state index in [0.29, 0.717) is 6.04 Å². The number of fused-ring (bicyclic) bond motifs is 1. The molecular weight excluding hydrogens is 184 g/mol. The number of hydrogen-bond acceptors (Lipinski definition) is 1. The predicted octanol–water partition coefficient (Wildman–Crippen LogP) is 3.48. The van der Waals surface area contributed by atoms with Gasteiger partial charge in [-0.15, -0.1) is 0 Å². The molecule has 2 rings (SSSR count). The maximum Gasteiger partial charge on any atom is 0.0991 e. The molecule has 1 unspecified atom stereocenters. The Kier molecular flexibility index (Phi) is 2.47. The smallest absolute Gasteiger partial charge is 0.0991 e. The van der Waals surface area contributed by atoms with Gasteiger partial charge in [-0.1, -0.05) is 6.92 Å². The summed E-state index contributed by atoms with van der Waals surface area (Å²) in [7, 11) is 0. The SMILES string of the molecule is CCC(C)n1ccc2cc(C#N)ccc21. The van der Waals surface area contributed by atoms with E-state index < -0.39 is 0 Å². The minimum absolute atomic E-state index is 0.510. The van der Waals surface area contributed by atoms with Crippen molar-refractivity contribution in [3.63, 3.8) is 0 Å². The summed E-state index contributed by atoms with van der Waals surface area (Å²) < 4.78 is 2.26. The molecule has 0 amide bonds. The van der Waals surface area contributed by atoms with Crippen molar-refractivity contribution in [3.05, 3.63) is 36.0 Å². The van der Waals surface area contributed by atoms with Gasteiger partial charge in [-0.05, 0) is 37.6 Å². The van der Waals surface area contributed by atoms with Gasteiger partial charge in [0.2, 0.25) is 0 Å². The topological polar surface area (TPSA) is 28.7 Å². The van der Waals surface area contributed by atoms with Crippen LogP contribution in [0.1, 0.15) is 31.9 Å². The lowest BCUT2D eigenvalue weighted by atomic mass is 10.1. The van der Waals surface area contributed by atoms with Gasteiger partial charge in [0.25, 0.3) is 0 Å². The Morgan fingerprint density at radius 3 is 2.87 bits per heavy atom. The summed E-state index contributed by atoms with van der Waals surface area (Å²) in [4.78, 5) is 0. The molecule has 0 radical (unpaired) electrons. The van der Waals surface area contributed by atoms with Gasteiger partial charge in [0.1, 0.15) is 0 Å². The highest BCUT2D eigenvalue weighted by molar-refractivity contribution is 5.81. The van der Waals surface area contributed by atoms with Gasteiger partial charge in [-0.3, -0.25) is 0 Å². The molecule has 1 aromatic heterocycles. The molecule has 0 bridgehead atoms. The van der Waals surface area contributed by atoms with Crippen LogP contribution in [0.2, 0.25) is 0 Å². The number of hydrogen-bond donors (Lipinski definition) is 0. The predicted molar refractivity (Wildman–Crippen MR) is 61.7 cm³/mol. The minimum Gasteiger partial charge on any atom is -0.345 e. The van der Waals surface area contributed by atoms with Crippen LogP contribution in [0, 0.1) is 11.3 Å². The van der Waals surface area contributed by atoms with Crippen LogP contribution in [-0.4, -0.2) is 4.57 Å². The Labute approximate surface area is 89.7 Å². The van der Waals surface area contributed by atoms with Crippen molar-refractivity contribution in [1.82, 2.24) is 4.57 Å². The Bertz CT molecular complexity index is 517. The van der Waals surface area contributed by atoms with E-state index in [-0.39, 0.29) is 0 Å². The zero-order chi connectivity index (χ0) is 10.8. The van der Waals surface area contributed by atoms with Gasteiger partial charge < -0.3 is 4.57 Å². The van der Waals surface area contributed by atoms with E-state index in [9.17, 15) is 0 Å². The molecule has 0 spiro atoms. The van der Waals surface area contributed by atoms with Gasteiger partial charge in [0.05, 0.1) is 11.6 Å². The lowest BCUT2D eigenvalue weighted by Gasteiger charge is -2.12. The summed E-state index contributed by atoms with van der Waals surface area (Å²) in [5.74, 6) is 0. The molecule has 1 heterocycles. The molecular formula is C13H14N2. The maximum atomic E-state index is 8.80. The average Bonchev–Trinajstić information content (AvgIpc) is 2.70. The number of nitrogens with zero attached hydrogens (tertiary/aromatic N) is 2. The van der Waals surface area contributed by atoms with E-state index >= 15 is 0 Å². The van der Waals surface area contributed by atoms with E-state index in [1.807, 2.05) is 18.2 Å². The van der Waals surface area contributed by atoms with E-state index in [1.54, 1.807) is 0 Å². The zero-order valence-corrected chi connectivity index (χ0v) is 9.07. The summed E-state index contributed by atoms with van der Waals surface area (Å²) in [6, 6.07) is 10.6. The Balaban J connectivity index is 2.58. The Hall–Kier alpha value is -1.75. The van der Waals surface area contributed by atoms with Crippen LogP contribution in [0.4, 0.5) is 0 Å². The fourth-order valence-electron chi connectivity index (χ4n) is 1.81. The third kappa shape index (κ3) is 1.61. The summed E-state index contributed by atoms with van der Waals surface area (Å²) in [5.41, 5.74) is 1.94. The number of nitriles is 1. The highest BCUT2D eigenvalue weighted by Gasteiger charge is 2.06. The van der Waals surface area contributed by atoms with E-state index in [4.69, 9.17) is 5.26 Å². The monoisotopic (exact) mass is 198 g/mol. The molecule has 2 aromatic rings. The van der Waals surface area contributed by atoms with Crippen molar-refractivity contribution in [3.8, 4) is 6.07 Å². The molecule has 2 heteroatoms. The second kappa shape index (κ2) is 3.78. The summed E-state index contributed by atoms with van der Waals surface area (Å²) in [6.45, 7) is 4.39. The molecule has 1 atom stereocenters. The molecule has 0 saturated heterocycles. The number of benzene rings is 1.